The lowest BCUT2D eigenvalue weighted by Gasteiger charge is -2.21. The SMILES string of the molecule is Cc1cccc(C)c1N1C=CN(O)N1. The van der Waals surface area contributed by atoms with Crippen molar-refractivity contribution in [2.45, 2.75) is 13.8 Å². The Morgan fingerprint density at radius 3 is 2.29 bits per heavy atom. The predicted octanol–water partition coefficient (Wildman–Crippen LogP) is 1.71. The Labute approximate surface area is 83.0 Å². The van der Waals surface area contributed by atoms with Crippen LogP contribution >= 0.6 is 0 Å². The minimum atomic E-state index is 0.922. The molecule has 0 amide bonds. The van der Waals surface area contributed by atoms with E-state index in [1.54, 1.807) is 17.4 Å². The highest BCUT2D eigenvalue weighted by atomic mass is 16.6. The molecule has 2 N–H and O–H groups in total. The molecule has 0 aromatic heterocycles. The lowest BCUT2D eigenvalue weighted by atomic mass is 10.1. The number of hydrazine groups is 2. The maximum Gasteiger partial charge on any atom is 0.0657 e. The van der Waals surface area contributed by atoms with Gasteiger partial charge in [-0.2, -0.15) is 5.17 Å². The highest BCUT2D eigenvalue weighted by molar-refractivity contribution is 5.60. The van der Waals surface area contributed by atoms with Gasteiger partial charge in [0, 0.05) is 6.20 Å². The third-order valence-corrected chi connectivity index (χ3v) is 2.25. The van der Waals surface area contributed by atoms with E-state index >= 15 is 0 Å². The second-order valence-electron chi connectivity index (χ2n) is 3.35. The molecule has 74 valence electrons. The summed E-state index contributed by atoms with van der Waals surface area (Å²) in [6.45, 7) is 4.08. The van der Waals surface area contributed by atoms with Gasteiger partial charge in [0.05, 0.1) is 11.9 Å². The van der Waals surface area contributed by atoms with Crippen molar-refractivity contribution in [3.05, 3.63) is 41.7 Å². The van der Waals surface area contributed by atoms with Crippen LogP contribution in [-0.4, -0.2) is 10.4 Å². The molecule has 0 bridgehead atoms. The van der Waals surface area contributed by atoms with Gasteiger partial charge in [-0.15, -0.1) is 5.53 Å². The van der Waals surface area contributed by atoms with Crippen molar-refractivity contribution < 1.29 is 5.21 Å². The first-order chi connectivity index (χ1) is 6.68. The second-order valence-corrected chi connectivity index (χ2v) is 3.35. The van der Waals surface area contributed by atoms with Crippen molar-refractivity contribution in [3.63, 3.8) is 0 Å². The first-order valence-electron chi connectivity index (χ1n) is 4.46. The summed E-state index contributed by atoms with van der Waals surface area (Å²) in [6.07, 6.45) is 3.32. The number of benzene rings is 1. The summed E-state index contributed by atoms with van der Waals surface area (Å²) in [5.74, 6) is 0. The van der Waals surface area contributed by atoms with E-state index in [0.29, 0.717) is 0 Å². The largest absolute Gasteiger partial charge is 0.272 e. The molecule has 1 aromatic carbocycles. The van der Waals surface area contributed by atoms with Crippen molar-refractivity contribution in [1.29, 1.82) is 0 Å². The molecule has 1 aliphatic rings. The number of anilines is 1. The van der Waals surface area contributed by atoms with Crippen molar-refractivity contribution in [3.8, 4) is 0 Å². The highest BCUT2D eigenvalue weighted by Gasteiger charge is 2.14. The normalized spacial score (nSPS) is 15.4. The first kappa shape index (κ1) is 9.05. The Balaban J connectivity index is 2.37. The van der Waals surface area contributed by atoms with Crippen molar-refractivity contribution in [2.24, 2.45) is 0 Å². The highest BCUT2D eigenvalue weighted by Crippen LogP contribution is 2.24. The van der Waals surface area contributed by atoms with Crippen LogP contribution in [0.1, 0.15) is 11.1 Å². The topological polar surface area (TPSA) is 38.7 Å². The predicted molar refractivity (Wildman–Crippen MR) is 54.3 cm³/mol. The number of para-hydroxylation sites is 1. The standard InChI is InChI=1S/C10H13N3O/c1-8-4-3-5-9(2)10(8)12-6-7-13(14)11-12/h3-7,11,14H,1-2H3. The number of nitrogens with one attached hydrogen (secondary N) is 1. The van der Waals surface area contributed by atoms with Crippen molar-refractivity contribution in [1.82, 2.24) is 10.7 Å². The van der Waals surface area contributed by atoms with E-state index < -0.39 is 0 Å². The van der Waals surface area contributed by atoms with Gasteiger partial charge in [-0.3, -0.25) is 10.2 Å². The summed E-state index contributed by atoms with van der Waals surface area (Å²) in [6, 6.07) is 6.10. The molecule has 0 unspecified atom stereocenters. The van der Waals surface area contributed by atoms with Gasteiger partial charge in [-0.05, 0) is 25.0 Å². The van der Waals surface area contributed by atoms with Gasteiger partial charge in [-0.25, -0.2) is 0 Å². The number of hydrogen-bond acceptors (Lipinski definition) is 4. The first-order valence-corrected chi connectivity index (χ1v) is 4.46. The monoisotopic (exact) mass is 191 g/mol. The minimum Gasteiger partial charge on any atom is -0.272 e. The average molecular weight is 191 g/mol. The summed E-state index contributed by atoms with van der Waals surface area (Å²) in [5.41, 5.74) is 6.16. The summed E-state index contributed by atoms with van der Waals surface area (Å²) in [7, 11) is 0. The lowest BCUT2D eigenvalue weighted by Crippen LogP contribution is -2.37. The number of hydroxylamine groups is 1. The van der Waals surface area contributed by atoms with Gasteiger partial charge in [0.25, 0.3) is 0 Å². The number of rotatable bonds is 1. The van der Waals surface area contributed by atoms with Crippen LogP contribution in [0.4, 0.5) is 5.69 Å². The molecule has 0 saturated carbocycles. The second kappa shape index (κ2) is 3.32. The molecule has 2 rings (SSSR count). The quantitative estimate of drug-likeness (QED) is 0.708. The third kappa shape index (κ3) is 1.45. The lowest BCUT2D eigenvalue weighted by molar-refractivity contribution is -0.0792. The Morgan fingerprint density at radius 2 is 1.79 bits per heavy atom. The molecule has 1 heterocycles. The van der Waals surface area contributed by atoms with Crippen molar-refractivity contribution >= 4 is 5.69 Å². The van der Waals surface area contributed by atoms with Crippen LogP contribution in [0.25, 0.3) is 0 Å². The summed E-state index contributed by atoms with van der Waals surface area (Å²) >= 11 is 0. The van der Waals surface area contributed by atoms with Gasteiger partial charge < -0.3 is 0 Å². The zero-order valence-electron chi connectivity index (χ0n) is 8.23. The maximum absolute atomic E-state index is 9.14. The number of hydrogen-bond donors (Lipinski definition) is 2. The summed E-state index contributed by atoms with van der Waals surface area (Å²) in [4.78, 5) is 0. The van der Waals surface area contributed by atoms with Crippen LogP contribution in [0.5, 0.6) is 0 Å². The average Bonchev–Trinajstić information content (AvgIpc) is 2.51. The van der Waals surface area contributed by atoms with Crippen molar-refractivity contribution in [2.75, 3.05) is 5.01 Å². The van der Waals surface area contributed by atoms with Gasteiger partial charge in [0.15, 0.2) is 0 Å². The molecular formula is C10H13N3O. The molecule has 0 aliphatic carbocycles. The zero-order chi connectivity index (χ0) is 10.1. The Bertz CT molecular complexity index is 355. The number of nitrogens with zero attached hydrogens (tertiary/aromatic N) is 2. The Morgan fingerprint density at radius 1 is 1.14 bits per heavy atom. The van der Waals surface area contributed by atoms with Crippen LogP contribution in [0.3, 0.4) is 0 Å². The Hall–Kier alpha value is -1.52. The van der Waals surface area contributed by atoms with E-state index in [-0.39, 0.29) is 0 Å². The molecule has 4 nitrogen and oxygen atoms in total. The molecule has 0 atom stereocenters. The maximum atomic E-state index is 9.14. The molecule has 0 saturated heterocycles. The molecule has 1 aliphatic heterocycles. The molecule has 1 aromatic rings. The molecule has 0 radical (unpaired) electrons. The van der Waals surface area contributed by atoms with E-state index in [0.717, 1.165) is 22.0 Å². The Kier molecular flexibility index (Phi) is 2.15. The molecule has 14 heavy (non-hydrogen) atoms. The summed E-state index contributed by atoms with van der Waals surface area (Å²) < 4.78 is 0. The zero-order valence-corrected chi connectivity index (χ0v) is 8.23. The number of aryl methyl sites for hydroxylation is 2. The fourth-order valence-corrected chi connectivity index (χ4v) is 1.62. The van der Waals surface area contributed by atoms with Gasteiger partial charge in [0.1, 0.15) is 0 Å². The molecule has 0 spiro atoms. The van der Waals surface area contributed by atoms with E-state index in [1.165, 1.54) is 0 Å². The van der Waals surface area contributed by atoms with E-state index in [9.17, 15) is 0 Å². The smallest absolute Gasteiger partial charge is 0.0657 e. The minimum absolute atomic E-state index is 0.922. The van der Waals surface area contributed by atoms with Crippen LogP contribution in [0.2, 0.25) is 0 Å². The van der Waals surface area contributed by atoms with E-state index in [1.807, 2.05) is 32.0 Å². The van der Waals surface area contributed by atoms with Gasteiger partial charge in [-0.1, -0.05) is 18.2 Å². The fourth-order valence-electron chi connectivity index (χ4n) is 1.62. The molecular weight excluding hydrogens is 178 g/mol. The van der Waals surface area contributed by atoms with Crippen LogP contribution in [-0.2, 0) is 0 Å². The van der Waals surface area contributed by atoms with Crippen LogP contribution < -0.4 is 10.5 Å². The van der Waals surface area contributed by atoms with Gasteiger partial charge >= 0.3 is 0 Å². The summed E-state index contributed by atoms with van der Waals surface area (Å²) in [5, 5.41) is 11.8. The molecule has 4 heteroatoms. The van der Waals surface area contributed by atoms with E-state index in [4.69, 9.17) is 5.21 Å². The van der Waals surface area contributed by atoms with E-state index in [2.05, 4.69) is 5.53 Å². The van der Waals surface area contributed by atoms with Gasteiger partial charge in [0.2, 0.25) is 0 Å². The van der Waals surface area contributed by atoms with Crippen LogP contribution in [0, 0.1) is 13.8 Å². The van der Waals surface area contributed by atoms with Crippen LogP contribution in [0.15, 0.2) is 30.6 Å². The molecule has 0 fully saturated rings. The fraction of sp³-hybridized carbons (Fsp3) is 0.200. The third-order valence-electron chi connectivity index (χ3n) is 2.25.